The Balaban J connectivity index is 1.72. The fourth-order valence-electron chi connectivity index (χ4n) is 3.57. The van der Waals surface area contributed by atoms with Gasteiger partial charge in [-0.3, -0.25) is 14.2 Å². The van der Waals surface area contributed by atoms with Crippen molar-refractivity contribution in [1.29, 1.82) is 0 Å². The standard InChI is InChI=1S/C24H22F2N2O3/c1-15-11-12-27(21-13-17(25)5-10-20(21)26)23(29)22(15)24(30)28(18-6-7-18)14-16-3-8-19(31-2)9-4-16/h3-5,8-13,18H,6-7,14H2,1-2H3. The van der Waals surface area contributed by atoms with Gasteiger partial charge in [0.15, 0.2) is 0 Å². The van der Waals surface area contributed by atoms with Crippen molar-refractivity contribution in [2.75, 3.05) is 7.11 Å². The minimum absolute atomic E-state index is 0.0356. The van der Waals surface area contributed by atoms with E-state index in [0.717, 1.165) is 41.2 Å². The highest BCUT2D eigenvalue weighted by molar-refractivity contribution is 5.95. The monoisotopic (exact) mass is 424 g/mol. The Morgan fingerprint density at radius 2 is 1.84 bits per heavy atom. The van der Waals surface area contributed by atoms with Crippen molar-refractivity contribution in [1.82, 2.24) is 9.47 Å². The van der Waals surface area contributed by atoms with Crippen LogP contribution in [0.3, 0.4) is 0 Å². The summed E-state index contributed by atoms with van der Waals surface area (Å²) >= 11 is 0. The van der Waals surface area contributed by atoms with Crippen LogP contribution in [0.25, 0.3) is 5.69 Å². The van der Waals surface area contributed by atoms with E-state index in [1.54, 1.807) is 25.0 Å². The molecule has 0 unspecified atom stereocenters. The highest BCUT2D eigenvalue weighted by atomic mass is 19.1. The maximum atomic E-state index is 14.3. The molecule has 1 aromatic heterocycles. The Bertz CT molecular complexity index is 1180. The molecule has 0 radical (unpaired) electrons. The zero-order valence-corrected chi connectivity index (χ0v) is 17.3. The molecule has 7 heteroatoms. The van der Waals surface area contributed by atoms with Gasteiger partial charge in [-0.05, 0) is 61.2 Å². The van der Waals surface area contributed by atoms with E-state index in [2.05, 4.69) is 0 Å². The van der Waals surface area contributed by atoms with E-state index in [4.69, 9.17) is 4.74 Å². The largest absolute Gasteiger partial charge is 0.497 e. The molecule has 160 valence electrons. The zero-order chi connectivity index (χ0) is 22.1. The summed E-state index contributed by atoms with van der Waals surface area (Å²) in [5, 5.41) is 0. The number of aromatic nitrogens is 1. The molecule has 4 rings (SSSR count). The Labute approximate surface area is 178 Å². The molecule has 0 atom stereocenters. The molecule has 31 heavy (non-hydrogen) atoms. The maximum Gasteiger partial charge on any atom is 0.268 e. The van der Waals surface area contributed by atoms with Gasteiger partial charge in [0.25, 0.3) is 11.5 Å². The smallest absolute Gasteiger partial charge is 0.268 e. The van der Waals surface area contributed by atoms with Crippen molar-refractivity contribution in [3.05, 3.63) is 93.4 Å². The number of hydrogen-bond acceptors (Lipinski definition) is 3. The number of pyridine rings is 1. The number of rotatable bonds is 6. The molecule has 2 aromatic carbocycles. The molecule has 0 N–H and O–H groups in total. The summed E-state index contributed by atoms with van der Waals surface area (Å²) in [6, 6.07) is 11.9. The molecule has 1 fully saturated rings. The third-order valence-electron chi connectivity index (χ3n) is 5.44. The minimum atomic E-state index is -0.747. The number of nitrogens with zero attached hydrogens (tertiary/aromatic N) is 2. The maximum absolute atomic E-state index is 14.3. The molecule has 0 aliphatic heterocycles. The number of hydrogen-bond donors (Lipinski definition) is 0. The van der Waals surface area contributed by atoms with Crippen LogP contribution in [0, 0.1) is 18.6 Å². The summed E-state index contributed by atoms with van der Waals surface area (Å²) in [6.07, 6.45) is 3.08. The summed E-state index contributed by atoms with van der Waals surface area (Å²) in [5.74, 6) is -1.11. The molecule has 1 saturated carbocycles. The highest BCUT2D eigenvalue weighted by Crippen LogP contribution is 2.30. The van der Waals surface area contributed by atoms with Crippen molar-refractivity contribution in [3.63, 3.8) is 0 Å². The first-order valence-electron chi connectivity index (χ1n) is 10.0. The Hall–Kier alpha value is -3.48. The number of methoxy groups -OCH3 is 1. The Morgan fingerprint density at radius 1 is 1.13 bits per heavy atom. The third kappa shape index (κ3) is 4.21. The second-order valence-corrected chi connectivity index (χ2v) is 7.66. The average Bonchev–Trinajstić information content (AvgIpc) is 3.59. The highest BCUT2D eigenvalue weighted by Gasteiger charge is 2.35. The molecule has 3 aromatic rings. The lowest BCUT2D eigenvalue weighted by atomic mass is 10.1. The van der Waals surface area contributed by atoms with E-state index < -0.39 is 23.1 Å². The molecule has 1 heterocycles. The molecular weight excluding hydrogens is 402 g/mol. The number of benzene rings is 2. The van der Waals surface area contributed by atoms with Crippen molar-refractivity contribution in [2.45, 2.75) is 32.4 Å². The van der Waals surface area contributed by atoms with Gasteiger partial charge in [0.1, 0.15) is 22.9 Å². The number of aryl methyl sites for hydroxylation is 1. The second-order valence-electron chi connectivity index (χ2n) is 7.66. The molecule has 1 aliphatic rings. The van der Waals surface area contributed by atoms with E-state index in [0.29, 0.717) is 17.9 Å². The van der Waals surface area contributed by atoms with E-state index in [1.165, 1.54) is 6.20 Å². The lowest BCUT2D eigenvalue weighted by molar-refractivity contribution is 0.0727. The summed E-state index contributed by atoms with van der Waals surface area (Å²) in [6.45, 7) is 2.01. The lowest BCUT2D eigenvalue weighted by Gasteiger charge is -2.24. The SMILES string of the molecule is COc1ccc(CN(C(=O)c2c(C)ccn(-c3cc(F)ccc3F)c2=O)C2CC2)cc1. The summed E-state index contributed by atoms with van der Waals surface area (Å²) in [4.78, 5) is 28.3. The van der Waals surface area contributed by atoms with E-state index in [-0.39, 0.29) is 17.3 Å². The van der Waals surface area contributed by atoms with Crippen molar-refractivity contribution >= 4 is 5.91 Å². The number of ether oxygens (including phenoxy) is 1. The van der Waals surface area contributed by atoms with Gasteiger partial charge in [-0.2, -0.15) is 0 Å². The number of carbonyl (C=O) groups excluding carboxylic acids is 1. The molecule has 0 bridgehead atoms. The van der Waals surface area contributed by atoms with Gasteiger partial charge in [-0.15, -0.1) is 0 Å². The van der Waals surface area contributed by atoms with Gasteiger partial charge in [0.2, 0.25) is 0 Å². The van der Waals surface area contributed by atoms with Crippen molar-refractivity contribution < 1.29 is 18.3 Å². The number of amides is 1. The van der Waals surface area contributed by atoms with Gasteiger partial charge >= 0.3 is 0 Å². The van der Waals surface area contributed by atoms with E-state index in [9.17, 15) is 18.4 Å². The first-order valence-corrected chi connectivity index (χ1v) is 10.0. The Morgan fingerprint density at radius 3 is 2.48 bits per heavy atom. The fraction of sp³-hybridized carbons (Fsp3) is 0.250. The van der Waals surface area contributed by atoms with Crippen LogP contribution in [0.4, 0.5) is 8.78 Å². The van der Waals surface area contributed by atoms with Gasteiger partial charge < -0.3 is 9.64 Å². The summed E-state index contributed by atoms with van der Waals surface area (Å²) < 4.78 is 34.1. The molecule has 0 spiro atoms. The van der Waals surface area contributed by atoms with E-state index >= 15 is 0 Å². The van der Waals surface area contributed by atoms with Gasteiger partial charge in [-0.25, -0.2) is 8.78 Å². The predicted molar refractivity (Wildman–Crippen MR) is 113 cm³/mol. The fourth-order valence-corrected chi connectivity index (χ4v) is 3.57. The molecule has 5 nitrogen and oxygen atoms in total. The Kier molecular flexibility index (Phi) is 5.59. The first kappa shape index (κ1) is 20.8. The molecule has 0 saturated heterocycles. The van der Waals surface area contributed by atoms with Crippen molar-refractivity contribution in [2.24, 2.45) is 0 Å². The van der Waals surface area contributed by atoms with Crippen LogP contribution in [0.15, 0.2) is 59.5 Å². The summed E-state index contributed by atoms with van der Waals surface area (Å²) in [7, 11) is 1.58. The van der Waals surface area contributed by atoms with Crippen LogP contribution in [0.5, 0.6) is 5.75 Å². The quantitative estimate of drug-likeness (QED) is 0.595. The molecular formula is C24H22F2N2O3. The first-order chi connectivity index (χ1) is 14.9. The van der Waals surface area contributed by atoms with E-state index in [1.807, 2.05) is 24.3 Å². The molecule has 1 amide bonds. The second kappa shape index (κ2) is 8.34. The predicted octanol–water partition coefficient (Wildman–Crippen LogP) is 4.24. The summed E-state index contributed by atoms with van der Waals surface area (Å²) in [5.41, 5.74) is 0.461. The van der Waals surface area contributed by atoms with Crippen LogP contribution >= 0.6 is 0 Å². The topological polar surface area (TPSA) is 51.5 Å². The average molecular weight is 424 g/mol. The lowest BCUT2D eigenvalue weighted by Crippen LogP contribution is -2.38. The van der Waals surface area contributed by atoms with Crippen molar-refractivity contribution in [3.8, 4) is 11.4 Å². The number of carbonyl (C=O) groups is 1. The van der Waals surface area contributed by atoms with Crippen LogP contribution in [0.2, 0.25) is 0 Å². The van der Waals surface area contributed by atoms with Crippen LogP contribution in [-0.4, -0.2) is 28.5 Å². The minimum Gasteiger partial charge on any atom is -0.497 e. The van der Waals surface area contributed by atoms with Crippen LogP contribution < -0.4 is 10.3 Å². The van der Waals surface area contributed by atoms with Crippen LogP contribution in [-0.2, 0) is 6.54 Å². The van der Waals surface area contributed by atoms with Crippen LogP contribution in [0.1, 0.15) is 34.3 Å². The normalized spacial score (nSPS) is 13.2. The third-order valence-corrected chi connectivity index (χ3v) is 5.44. The van der Waals surface area contributed by atoms with Gasteiger partial charge in [0, 0.05) is 24.8 Å². The van der Waals surface area contributed by atoms with Gasteiger partial charge in [0.05, 0.1) is 12.8 Å². The zero-order valence-electron chi connectivity index (χ0n) is 17.3. The van der Waals surface area contributed by atoms with Gasteiger partial charge in [-0.1, -0.05) is 12.1 Å². The number of halogens is 2. The molecule has 1 aliphatic carbocycles.